The van der Waals surface area contributed by atoms with E-state index >= 15 is 0 Å². The molecular weight excluding hydrogens is 542 g/mol. The molecule has 0 atom stereocenters. The maximum Gasteiger partial charge on any atom is 0.407 e. The molecule has 2 aliphatic rings. The number of benzene rings is 2. The fraction of sp³-hybridized carbons (Fsp3) is 0.346. The zero-order chi connectivity index (χ0) is 26.2. The van der Waals surface area contributed by atoms with E-state index in [9.17, 15) is 9.59 Å². The summed E-state index contributed by atoms with van der Waals surface area (Å²) < 4.78 is 12.1. The number of methoxy groups -OCH3 is 1. The fourth-order valence-electron chi connectivity index (χ4n) is 4.11. The van der Waals surface area contributed by atoms with Crippen LogP contribution >= 0.6 is 15.9 Å². The first-order valence-corrected chi connectivity index (χ1v) is 12.8. The van der Waals surface area contributed by atoms with Crippen LogP contribution in [0.1, 0.15) is 24.8 Å². The number of hydrogen-bond acceptors (Lipinski definition) is 7. The molecule has 2 heterocycles. The van der Waals surface area contributed by atoms with Gasteiger partial charge in [-0.05, 0) is 37.1 Å². The van der Waals surface area contributed by atoms with Gasteiger partial charge >= 0.3 is 6.09 Å². The summed E-state index contributed by atoms with van der Waals surface area (Å²) in [5.74, 6) is 0.925. The van der Waals surface area contributed by atoms with Crippen molar-refractivity contribution in [1.29, 1.82) is 0 Å². The van der Waals surface area contributed by atoms with Crippen molar-refractivity contribution in [2.75, 3.05) is 56.0 Å². The van der Waals surface area contributed by atoms with Gasteiger partial charge in [0.05, 0.1) is 18.0 Å². The molecule has 4 rings (SSSR count). The second-order valence-corrected chi connectivity index (χ2v) is 9.54. The molecule has 1 saturated heterocycles. The molecule has 0 radical (unpaired) electrons. The molecule has 0 spiro atoms. The highest BCUT2D eigenvalue weighted by molar-refractivity contribution is 9.10. The number of hydrogen-bond donors (Lipinski definition) is 4. The number of piperidine rings is 1. The van der Waals surface area contributed by atoms with Gasteiger partial charge in [0.15, 0.2) is 0 Å². The number of nitrogens with one attached hydrogen (secondary N) is 3. The summed E-state index contributed by atoms with van der Waals surface area (Å²) in [6.07, 6.45) is 2.38. The van der Waals surface area contributed by atoms with E-state index in [-0.39, 0.29) is 5.91 Å². The minimum Gasteiger partial charge on any atom is -0.491 e. The van der Waals surface area contributed by atoms with Crippen LogP contribution in [0.5, 0.6) is 5.75 Å². The maximum absolute atomic E-state index is 12.9. The molecule has 1 fully saturated rings. The summed E-state index contributed by atoms with van der Waals surface area (Å²) in [5, 5.41) is 18.7. The van der Waals surface area contributed by atoms with Gasteiger partial charge < -0.3 is 35.4 Å². The predicted octanol–water partition coefficient (Wildman–Crippen LogP) is 4.74. The normalized spacial score (nSPS) is 14.7. The third-order valence-electron chi connectivity index (χ3n) is 5.99. The number of carboxylic acid groups (broad SMARTS) is 1. The summed E-state index contributed by atoms with van der Waals surface area (Å²) in [6, 6.07) is 11.5. The summed E-state index contributed by atoms with van der Waals surface area (Å²) in [5.41, 5.74) is 3.95. The van der Waals surface area contributed by atoms with Crippen LogP contribution in [0.25, 0.3) is 0 Å². The predicted molar refractivity (Wildman–Crippen MR) is 147 cm³/mol. The number of ether oxygens (including phenoxy) is 2. The first-order valence-electron chi connectivity index (χ1n) is 12.0. The van der Waals surface area contributed by atoms with Crippen molar-refractivity contribution in [2.45, 2.75) is 19.3 Å². The molecule has 37 heavy (non-hydrogen) atoms. The molecule has 0 saturated carbocycles. The van der Waals surface area contributed by atoms with Crippen LogP contribution in [0.3, 0.4) is 0 Å². The fourth-order valence-corrected chi connectivity index (χ4v) is 4.51. The van der Waals surface area contributed by atoms with E-state index in [1.54, 1.807) is 13.2 Å². The summed E-state index contributed by atoms with van der Waals surface area (Å²) >= 11 is 3.49. The molecule has 11 heteroatoms. The highest BCUT2D eigenvalue weighted by Crippen LogP contribution is 2.34. The Morgan fingerprint density at radius 1 is 1.22 bits per heavy atom. The Morgan fingerprint density at radius 3 is 2.76 bits per heavy atom. The van der Waals surface area contributed by atoms with E-state index in [1.807, 2.05) is 36.4 Å². The Kier molecular flexibility index (Phi) is 9.02. The van der Waals surface area contributed by atoms with Crippen LogP contribution in [-0.4, -0.2) is 67.9 Å². The first-order chi connectivity index (χ1) is 17.9. The largest absolute Gasteiger partial charge is 0.491 e. The highest BCUT2D eigenvalue weighted by atomic mass is 79.9. The Balaban J connectivity index is 1.56. The van der Waals surface area contributed by atoms with Gasteiger partial charge in [0.25, 0.3) is 0 Å². The molecule has 0 aliphatic carbocycles. The number of likely N-dealkylation sites (tertiary alicyclic amines) is 1. The quantitative estimate of drug-likeness (QED) is 0.266. The number of anilines is 3. The average Bonchev–Trinajstić information content (AvgIpc) is 2.87. The minimum atomic E-state index is -0.935. The lowest BCUT2D eigenvalue weighted by Gasteiger charge is -2.25. The van der Waals surface area contributed by atoms with E-state index in [0.29, 0.717) is 69.5 Å². The average molecular weight is 572 g/mol. The van der Waals surface area contributed by atoms with Crippen LogP contribution in [0.2, 0.25) is 0 Å². The monoisotopic (exact) mass is 571 g/mol. The molecule has 2 aromatic carbocycles. The number of halogens is 1. The van der Waals surface area contributed by atoms with Crippen molar-refractivity contribution in [1.82, 2.24) is 4.90 Å². The molecule has 0 unspecified atom stereocenters. The molecule has 196 valence electrons. The van der Waals surface area contributed by atoms with Crippen LogP contribution in [0.15, 0.2) is 57.5 Å². The maximum atomic E-state index is 12.9. The number of fused-ring (bicyclic) bond motifs is 1. The van der Waals surface area contributed by atoms with Crippen molar-refractivity contribution in [2.24, 2.45) is 4.99 Å². The lowest BCUT2D eigenvalue weighted by atomic mass is 10.0. The van der Waals surface area contributed by atoms with Crippen molar-refractivity contribution in [3.8, 4) is 5.75 Å². The van der Waals surface area contributed by atoms with Gasteiger partial charge in [0.2, 0.25) is 5.91 Å². The number of amides is 2. The molecule has 0 aromatic heterocycles. The standard InChI is InChI=1S/C26H30BrN5O5/c1-36-10-3-11-37-23-15-21-20(25(29-16-28-21)30-19-5-2-4-18(27)13-19)14-22(23)31-24(33)12-17-6-8-32(9-7-17)26(34)35/h2,4-5,12-15,28H,3,6-11,16H2,1H3,(H,29,30)(H,31,33)(H,34,35). The van der Waals surface area contributed by atoms with Crippen LogP contribution in [0.4, 0.5) is 21.9 Å². The molecular formula is C26H30BrN5O5. The van der Waals surface area contributed by atoms with Gasteiger partial charge in [-0.1, -0.05) is 27.6 Å². The van der Waals surface area contributed by atoms with Gasteiger partial charge in [-0.15, -0.1) is 0 Å². The summed E-state index contributed by atoms with van der Waals surface area (Å²) in [7, 11) is 1.64. The van der Waals surface area contributed by atoms with E-state index in [2.05, 4.69) is 36.9 Å². The number of amidine groups is 1. The Bertz CT molecular complexity index is 1210. The summed E-state index contributed by atoms with van der Waals surface area (Å²) in [6.45, 7) is 2.16. The third kappa shape index (κ3) is 7.23. The first kappa shape index (κ1) is 26.5. The third-order valence-corrected chi connectivity index (χ3v) is 6.48. The van der Waals surface area contributed by atoms with E-state index < -0.39 is 6.09 Å². The second kappa shape index (κ2) is 12.6. The number of nitrogens with zero attached hydrogens (tertiary/aromatic N) is 2. The zero-order valence-corrected chi connectivity index (χ0v) is 22.1. The molecule has 0 bridgehead atoms. The molecule has 2 aliphatic heterocycles. The minimum absolute atomic E-state index is 0.289. The Hall–Kier alpha value is -3.57. The number of rotatable bonds is 8. The molecule has 2 amide bonds. The Morgan fingerprint density at radius 2 is 2.03 bits per heavy atom. The lowest BCUT2D eigenvalue weighted by Crippen LogP contribution is -2.35. The number of carbonyl (C=O) groups excluding carboxylic acids is 1. The zero-order valence-electron chi connectivity index (χ0n) is 20.6. The van der Waals surface area contributed by atoms with Gasteiger partial charge in [0.1, 0.15) is 18.3 Å². The Labute approximate surface area is 223 Å². The van der Waals surface area contributed by atoms with Crippen LogP contribution in [0, 0.1) is 0 Å². The summed E-state index contributed by atoms with van der Waals surface area (Å²) in [4.78, 5) is 30.0. The number of carbonyl (C=O) groups is 2. The number of aliphatic imine (C=N–C) groups is 1. The second-order valence-electron chi connectivity index (χ2n) is 8.63. The van der Waals surface area contributed by atoms with Crippen molar-refractivity contribution >= 4 is 50.8 Å². The lowest BCUT2D eigenvalue weighted by molar-refractivity contribution is -0.112. The SMILES string of the molecule is COCCCOc1cc2c(cc1NC(=O)C=C1CCN(C(=O)O)CC1)C(Nc1cccc(Br)c1)=NCN2. The van der Waals surface area contributed by atoms with E-state index in [1.165, 1.54) is 4.90 Å². The molecule has 10 nitrogen and oxygen atoms in total. The van der Waals surface area contributed by atoms with Crippen molar-refractivity contribution < 1.29 is 24.2 Å². The van der Waals surface area contributed by atoms with Crippen molar-refractivity contribution in [3.05, 3.63) is 58.1 Å². The van der Waals surface area contributed by atoms with E-state index in [0.717, 1.165) is 27.0 Å². The van der Waals surface area contributed by atoms with Crippen LogP contribution < -0.4 is 20.7 Å². The molecule has 2 aromatic rings. The van der Waals surface area contributed by atoms with E-state index in [4.69, 9.17) is 14.6 Å². The van der Waals surface area contributed by atoms with Crippen molar-refractivity contribution in [3.63, 3.8) is 0 Å². The topological polar surface area (TPSA) is 125 Å². The van der Waals surface area contributed by atoms with Gasteiger partial charge in [0, 0.05) is 61.1 Å². The van der Waals surface area contributed by atoms with Gasteiger partial charge in [-0.2, -0.15) is 0 Å². The smallest absolute Gasteiger partial charge is 0.407 e. The molecule has 4 N–H and O–H groups in total. The van der Waals surface area contributed by atoms with Gasteiger partial charge in [-0.25, -0.2) is 9.79 Å². The highest BCUT2D eigenvalue weighted by Gasteiger charge is 2.21. The van der Waals surface area contributed by atoms with Gasteiger partial charge in [-0.3, -0.25) is 4.79 Å². The van der Waals surface area contributed by atoms with Crippen LogP contribution in [-0.2, 0) is 9.53 Å².